The van der Waals surface area contributed by atoms with Crippen LogP contribution in [-0.2, 0) is 0 Å². The van der Waals surface area contributed by atoms with Gasteiger partial charge >= 0.3 is 0 Å². The number of fused-ring (bicyclic) bond motifs is 1. The van der Waals surface area contributed by atoms with Crippen LogP contribution in [0.2, 0.25) is 0 Å². The standard InChI is InChI=1S/C29H20Br2N4O4/c1-16(17-2-7-20(8-3-17)32-29(38)26-12-13-27(31)39-26)34-35-28(37)23-15-25(18-4-9-21(36)10-5-18)33-24-11-6-19(30)14-22(23)24/h2-15,36H,1H3,(H,32,38)(H,35,37)/b34-16-. The lowest BCUT2D eigenvalue weighted by atomic mass is 10.0. The predicted octanol–water partition coefficient (Wildman–Crippen LogP) is 7.13. The van der Waals surface area contributed by atoms with Crippen LogP contribution >= 0.6 is 31.9 Å². The van der Waals surface area contributed by atoms with Gasteiger partial charge in [0, 0.05) is 21.1 Å². The molecule has 0 aliphatic rings. The molecule has 3 aromatic carbocycles. The Morgan fingerprint density at radius 3 is 2.33 bits per heavy atom. The Bertz CT molecular complexity index is 1730. The van der Waals surface area contributed by atoms with Crippen molar-refractivity contribution in [1.29, 1.82) is 0 Å². The molecule has 2 amide bonds. The normalized spacial score (nSPS) is 11.4. The molecular weight excluding hydrogens is 628 g/mol. The maximum absolute atomic E-state index is 13.3. The number of carbonyl (C=O) groups is 2. The molecule has 2 aromatic heterocycles. The maximum atomic E-state index is 13.3. The number of carbonyl (C=O) groups excluding carboxylic acids is 2. The van der Waals surface area contributed by atoms with Gasteiger partial charge < -0.3 is 14.8 Å². The van der Waals surface area contributed by atoms with E-state index in [9.17, 15) is 14.7 Å². The fourth-order valence-corrected chi connectivity index (χ4v) is 4.52. The highest BCUT2D eigenvalue weighted by Crippen LogP contribution is 2.28. The monoisotopic (exact) mass is 646 g/mol. The number of halogens is 2. The zero-order valence-corrected chi connectivity index (χ0v) is 23.6. The van der Waals surface area contributed by atoms with Crippen molar-refractivity contribution >= 4 is 66.0 Å². The van der Waals surface area contributed by atoms with Gasteiger partial charge in [0.15, 0.2) is 10.4 Å². The van der Waals surface area contributed by atoms with Crippen LogP contribution in [-0.4, -0.2) is 27.6 Å². The molecule has 5 rings (SSSR count). The Morgan fingerprint density at radius 2 is 1.64 bits per heavy atom. The summed E-state index contributed by atoms with van der Waals surface area (Å²) in [6, 6.07) is 24.1. The van der Waals surface area contributed by atoms with E-state index in [0.717, 1.165) is 15.6 Å². The van der Waals surface area contributed by atoms with Crippen molar-refractivity contribution in [2.24, 2.45) is 5.10 Å². The summed E-state index contributed by atoms with van der Waals surface area (Å²) in [5.74, 6) is -0.426. The molecule has 0 unspecified atom stereocenters. The number of rotatable bonds is 6. The zero-order chi connectivity index (χ0) is 27.5. The number of anilines is 1. The second-order valence-electron chi connectivity index (χ2n) is 8.54. The van der Waals surface area contributed by atoms with E-state index in [-0.39, 0.29) is 17.4 Å². The van der Waals surface area contributed by atoms with E-state index < -0.39 is 5.91 Å². The highest BCUT2D eigenvalue weighted by atomic mass is 79.9. The van der Waals surface area contributed by atoms with Gasteiger partial charge in [-0.1, -0.05) is 28.1 Å². The smallest absolute Gasteiger partial charge is 0.291 e. The Balaban J connectivity index is 1.36. The van der Waals surface area contributed by atoms with E-state index >= 15 is 0 Å². The molecule has 0 saturated heterocycles. The number of benzene rings is 3. The van der Waals surface area contributed by atoms with Crippen LogP contribution in [0.4, 0.5) is 5.69 Å². The lowest BCUT2D eigenvalue weighted by Crippen LogP contribution is -2.20. The van der Waals surface area contributed by atoms with E-state index in [1.165, 1.54) is 0 Å². The number of hydrogen-bond acceptors (Lipinski definition) is 6. The molecule has 39 heavy (non-hydrogen) atoms. The minimum Gasteiger partial charge on any atom is -0.508 e. The first-order chi connectivity index (χ1) is 18.8. The van der Waals surface area contributed by atoms with Crippen molar-refractivity contribution < 1.29 is 19.1 Å². The van der Waals surface area contributed by atoms with Gasteiger partial charge in [-0.2, -0.15) is 5.10 Å². The number of hydrazone groups is 1. The molecule has 3 N–H and O–H groups in total. The van der Waals surface area contributed by atoms with Crippen LogP contribution in [0.15, 0.2) is 104 Å². The summed E-state index contributed by atoms with van der Waals surface area (Å²) in [6.45, 7) is 1.78. The van der Waals surface area contributed by atoms with E-state index in [1.807, 2.05) is 18.2 Å². The molecule has 194 valence electrons. The molecule has 0 radical (unpaired) electrons. The molecule has 0 saturated carbocycles. The molecule has 0 aliphatic heterocycles. The van der Waals surface area contributed by atoms with Crippen molar-refractivity contribution in [3.63, 3.8) is 0 Å². The Morgan fingerprint density at radius 1 is 0.897 bits per heavy atom. The minimum absolute atomic E-state index is 0.146. The number of phenolic OH excluding ortho intramolecular Hbond substituents is 1. The third-order valence-electron chi connectivity index (χ3n) is 5.86. The molecule has 2 heterocycles. The second kappa shape index (κ2) is 11.2. The van der Waals surface area contributed by atoms with Gasteiger partial charge in [0.1, 0.15) is 5.75 Å². The van der Waals surface area contributed by atoms with Crippen molar-refractivity contribution in [1.82, 2.24) is 10.4 Å². The molecule has 0 atom stereocenters. The lowest BCUT2D eigenvalue weighted by molar-refractivity contribution is 0.0955. The highest BCUT2D eigenvalue weighted by Gasteiger charge is 2.15. The number of nitrogens with one attached hydrogen (secondary N) is 2. The molecule has 0 spiro atoms. The Labute approximate surface area is 240 Å². The summed E-state index contributed by atoms with van der Waals surface area (Å²) < 4.78 is 6.56. The SMILES string of the molecule is C/C(=N/NC(=O)c1cc(-c2ccc(O)cc2)nc2ccc(Br)cc12)c1ccc(NC(=O)c2ccc(Br)o2)cc1. The number of phenols is 1. The number of aromatic nitrogens is 1. The zero-order valence-electron chi connectivity index (χ0n) is 20.4. The molecule has 5 aromatic rings. The van der Waals surface area contributed by atoms with Crippen molar-refractivity contribution in [3.8, 4) is 17.0 Å². The van der Waals surface area contributed by atoms with E-state index in [1.54, 1.807) is 73.7 Å². The van der Waals surface area contributed by atoms with Gasteiger partial charge in [0.25, 0.3) is 11.8 Å². The molecule has 0 bridgehead atoms. The molecular formula is C29H20Br2N4O4. The van der Waals surface area contributed by atoms with E-state index in [4.69, 9.17) is 9.40 Å². The van der Waals surface area contributed by atoms with Gasteiger partial charge in [-0.05, 0) is 101 Å². The van der Waals surface area contributed by atoms with Crippen LogP contribution in [0.1, 0.15) is 33.4 Å². The van der Waals surface area contributed by atoms with Crippen molar-refractivity contribution in [3.05, 3.63) is 111 Å². The number of amides is 2. The third-order valence-corrected chi connectivity index (χ3v) is 6.78. The summed E-state index contributed by atoms with van der Waals surface area (Å²) in [6.07, 6.45) is 0. The summed E-state index contributed by atoms with van der Waals surface area (Å²) in [4.78, 5) is 30.3. The fourth-order valence-electron chi connectivity index (χ4n) is 3.85. The first-order valence-corrected chi connectivity index (χ1v) is 13.3. The summed E-state index contributed by atoms with van der Waals surface area (Å²) >= 11 is 6.65. The quantitative estimate of drug-likeness (QED) is 0.134. The minimum atomic E-state index is -0.395. The Kier molecular flexibility index (Phi) is 7.58. The number of pyridine rings is 1. The lowest BCUT2D eigenvalue weighted by Gasteiger charge is -2.10. The van der Waals surface area contributed by atoms with E-state index in [2.05, 4.69) is 47.7 Å². The van der Waals surface area contributed by atoms with Gasteiger partial charge in [-0.25, -0.2) is 10.4 Å². The summed E-state index contributed by atoms with van der Waals surface area (Å²) in [5, 5.41) is 17.4. The number of hydrogen-bond donors (Lipinski definition) is 3. The van der Waals surface area contributed by atoms with E-state index in [0.29, 0.717) is 38.2 Å². The topological polar surface area (TPSA) is 117 Å². The van der Waals surface area contributed by atoms with Crippen LogP contribution in [0, 0.1) is 0 Å². The first kappa shape index (κ1) is 26.3. The summed E-state index contributed by atoms with van der Waals surface area (Å²) in [5.41, 5.74) is 6.99. The molecule has 0 aliphatic carbocycles. The fraction of sp³-hybridized carbons (Fsp3) is 0.0345. The van der Waals surface area contributed by atoms with Gasteiger partial charge in [0.05, 0.1) is 22.5 Å². The molecule has 0 fully saturated rings. The molecule has 10 heteroatoms. The van der Waals surface area contributed by atoms with Gasteiger partial charge in [-0.15, -0.1) is 0 Å². The number of furan rings is 1. The average Bonchev–Trinajstić information content (AvgIpc) is 3.38. The third kappa shape index (κ3) is 6.08. The van der Waals surface area contributed by atoms with Gasteiger partial charge in [0.2, 0.25) is 0 Å². The number of nitrogens with zero attached hydrogens (tertiary/aromatic N) is 2. The van der Waals surface area contributed by atoms with Crippen molar-refractivity contribution in [2.45, 2.75) is 6.92 Å². The molecule has 8 nitrogen and oxygen atoms in total. The number of aromatic hydroxyl groups is 1. The van der Waals surface area contributed by atoms with Gasteiger partial charge in [-0.3, -0.25) is 9.59 Å². The van der Waals surface area contributed by atoms with Crippen LogP contribution < -0.4 is 10.7 Å². The van der Waals surface area contributed by atoms with Crippen LogP contribution in [0.3, 0.4) is 0 Å². The average molecular weight is 648 g/mol. The largest absolute Gasteiger partial charge is 0.508 e. The highest BCUT2D eigenvalue weighted by molar-refractivity contribution is 9.10. The van der Waals surface area contributed by atoms with Crippen LogP contribution in [0.5, 0.6) is 5.75 Å². The maximum Gasteiger partial charge on any atom is 0.291 e. The predicted molar refractivity (Wildman–Crippen MR) is 157 cm³/mol. The second-order valence-corrected chi connectivity index (χ2v) is 10.2. The summed E-state index contributed by atoms with van der Waals surface area (Å²) in [7, 11) is 0. The first-order valence-electron chi connectivity index (χ1n) is 11.7. The van der Waals surface area contributed by atoms with Crippen LogP contribution in [0.25, 0.3) is 22.2 Å². The van der Waals surface area contributed by atoms with Crippen molar-refractivity contribution in [2.75, 3.05) is 5.32 Å². The Hall–Kier alpha value is -4.28.